The SMILES string of the molecule is Cc1cc(I)ccc1NC(=O)CSc1nc(-c2ccccc2)cc(=O)[nH]1. The van der Waals surface area contributed by atoms with E-state index in [0.29, 0.717) is 10.9 Å². The first-order valence-electron chi connectivity index (χ1n) is 7.87. The molecule has 1 heterocycles. The highest BCUT2D eigenvalue weighted by atomic mass is 127. The van der Waals surface area contributed by atoms with Gasteiger partial charge in [0.2, 0.25) is 5.91 Å². The van der Waals surface area contributed by atoms with Crippen molar-refractivity contribution in [3.05, 3.63) is 74.1 Å². The number of benzene rings is 2. The van der Waals surface area contributed by atoms with Gasteiger partial charge < -0.3 is 10.3 Å². The van der Waals surface area contributed by atoms with Crippen molar-refractivity contribution in [2.75, 3.05) is 11.1 Å². The number of H-pyrrole nitrogens is 1. The molecular weight excluding hydrogens is 461 g/mol. The van der Waals surface area contributed by atoms with Gasteiger partial charge in [0.05, 0.1) is 11.4 Å². The molecule has 0 bridgehead atoms. The zero-order valence-corrected chi connectivity index (χ0v) is 16.9. The second-order valence-corrected chi connectivity index (χ2v) is 7.81. The van der Waals surface area contributed by atoms with Crippen LogP contribution in [-0.4, -0.2) is 21.6 Å². The number of aromatic amines is 1. The Balaban J connectivity index is 1.68. The van der Waals surface area contributed by atoms with Crippen LogP contribution in [0.1, 0.15) is 5.56 Å². The molecule has 7 heteroatoms. The Hall–Kier alpha value is -2.13. The molecule has 0 aliphatic carbocycles. The Morgan fingerprint density at radius 1 is 1.19 bits per heavy atom. The van der Waals surface area contributed by atoms with E-state index in [1.54, 1.807) is 0 Å². The minimum Gasteiger partial charge on any atom is -0.325 e. The molecule has 1 amide bonds. The van der Waals surface area contributed by atoms with Gasteiger partial charge in [-0.05, 0) is 53.3 Å². The highest BCUT2D eigenvalue weighted by Gasteiger charge is 2.09. The number of aromatic nitrogens is 2. The lowest BCUT2D eigenvalue weighted by Crippen LogP contribution is -2.16. The van der Waals surface area contributed by atoms with Crippen molar-refractivity contribution in [2.45, 2.75) is 12.1 Å². The molecule has 132 valence electrons. The molecule has 0 fully saturated rings. The van der Waals surface area contributed by atoms with Crippen molar-refractivity contribution in [1.82, 2.24) is 9.97 Å². The van der Waals surface area contributed by atoms with E-state index in [1.807, 2.05) is 55.5 Å². The highest BCUT2D eigenvalue weighted by Crippen LogP contribution is 2.20. The monoisotopic (exact) mass is 477 g/mol. The van der Waals surface area contributed by atoms with E-state index in [4.69, 9.17) is 0 Å². The van der Waals surface area contributed by atoms with Crippen LogP contribution < -0.4 is 10.9 Å². The fraction of sp³-hybridized carbons (Fsp3) is 0.105. The number of amides is 1. The van der Waals surface area contributed by atoms with Crippen molar-refractivity contribution in [3.8, 4) is 11.3 Å². The van der Waals surface area contributed by atoms with Gasteiger partial charge in [-0.2, -0.15) is 0 Å². The molecule has 0 radical (unpaired) electrons. The topological polar surface area (TPSA) is 74.8 Å². The van der Waals surface area contributed by atoms with Gasteiger partial charge in [-0.1, -0.05) is 42.1 Å². The lowest BCUT2D eigenvalue weighted by atomic mass is 10.1. The molecule has 0 aliphatic heterocycles. The van der Waals surface area contributed by atoms with E-state index in [2.05, 4.69) is 37.9 Å². The third-order valence-electron chi connectivity index (χ3n) is 3.59. The summed E-state index contributed by atoms with van der Waals surface area (Å²) in [6, 6.07) is 16.8. The zero-order chi connectivity index (χ0) is 18.5. The number of aryl methyl sites for hydroxylation is 1. The molecule has 5 nitrogen and oxygen atoms in total. The summed E-state index contributed by atoms with van der Waals surface area (Å²) in [7, 11) is 0. The molecule has 26 heavy (non-hydrogen) atoms. The van der Waals surface area contributed by atoms with Crippen LogP contribution >= 0.6 is 34.4 Å². The largest absolute Gasteiger partial charge is 0.325 e. The lowest BCUT2D eigenvalue weighted by Gasteiger charge is -2.09. The third-order valence-corrected chi connectivity index (χ3v) is 5.14. The maximum absolute atomic E-state index is 12.2. The Bertz CT molecular complexity index is 990. The van der Waals surface area contributed by atoms with E-state index < -0.39 is 0 Å². The number of nitrogens with one attached hydrogen (secondary N) is 2. The molecule has 0 unspecified atom stereocenters. The van der Waals surface area contributed by atoms with E-state index in [1.165, 1.54) is 17.8 Å². The standard InChI is InChI=1S/C19H16IN3O2S/c1-12-9-14(20)7-8-15(12)21-18(25)11-26-19-22-16(10-17(24)23-19)13-5-3-2-4-6-13/h2-10H,11H2,1H3,(H,21,25)(H,22,23,24). The summed E-state index contributed by atoms with van der Waals surface area (Å²) in [5.41, 5.74) is 3.00. The fourth-order valence-corrected chi connectivity index (χ4v) is 3.67. The number of carbonyl (C=O) groups excluding carboxylic acids is 1. The number of carbonyl (C=O) groups is 1. The van der Waals surface area contributed by atoms with E-state index in [0.717, 1.165) is 20.4 Å². The van der Waals surface area contributed by atoms with Crippen LogP contribution in [-0.2, 0) is 4.79 Å². The number of halogens is 1. The van der Waals surface area contributed by atoms with Gasteiger partial charge in [0, 0.05) is 20.9 Å². The molecule has 0 atom stereocenters. The van der Waals surface area contributed by atoms with Gasteiger partial charge >= 0.3 is 0 Å². The molecule has 2 aromatic carbocycles. The summed E-state index contributed by atoms with van der Waals surface area (Å²) in [5, 5.41) is 3.31. The molecule has 3 rings (SSSR count). The molecule has 0 saturated heterocycles. The van der Waals surface area contributed by atoms with Crippen LogP contribution in [0, 0.1) is 10.5 Å². The van der Waals surface area contributed by atoms with Crippen molar-refractivity contribution in [1.29, 1.82) is 0 Å². The van der Waals surface area contributed by atoms with E-state index in [9.17, 15) is 9.59 Å². The summed E-state index contributed by atoms with van der Waals surface area (Å²) in [4.78, 5) is 31.2. The van der Waals surface area contributed by atoms with E-state index >= 15 is 0 Å². The van der Waals surface area contributed by atoms with Crippen LogP contribution in [0.3, 0.4) is 0 Å². The van der Waals surface area contributed by atoms with Crippen LogP contribution in [0.2, 0.25) is 0 Å². The number of hydrogen-bond donors (Lipinski definition) is 2. The van der Waals surface area contributed by atoms with Gasteiger partial charge in [0.25, 0.3) is 5.56 Å². The van der Waals surface area contributed by atoms with E-state index in [-0.39, 0.29) is 17.2 Å². The molecule has 2 N–H and O–H groups in total. The van der Waals surface area contributed by atoms with Crippen molar-refractivity contribution < 1.29 is 4.79 Å². The van der Waals surface area contributed by atoms with Crippen molar-refractivity contribution >= 4 is 45.9 Å². The van der Waals surface area contributed by atoms with Crippen molar-refractivity contribution in [3.63, 3.8) is 0 Å². The predicted octanol–water partition coefficient (Wildman–Crippen LogP) is 4.08. The Morgan fingerprint density at radius 3 is 2.69 bits per heavy atom. The Kier molecular flexibility index (Phi) is 6.10. The molecule has 0 saturated carbocycles. The second kappa shape index (κ2) is 8.50. The van der Waals surface area contributed by atoms with Crippen LogP contribution in [0.5, 0.6) is 0 Å². The van der Waals surface area contributed by atoms with Crippen LogP contribution in [0.25, 0.3) is 11.3 Å². The normalized spacial score (nSPS) is 10.5. The molecule has 3 aromatic rings. The number of nitrogens with zero attached hydrogens (tertiary/aromatic N) is 1. The van der Waals surface area contributed by atoms with Gasteiger partial charge in [-0.25, -0.2) is 4.98 Å². The number of rotatable bonds is 5. The summed E-state index contributed by atoms with van der Waals surface area (Å²) in [6.45, 7) is 1.95. The molecular formula is C19H16IN3O2S. The van der Waals surface area contributed by atoms with Crippen LogP contribution in [0.15, 0.2) is 64.5 Å². The number of hydrogen-bond acceptors (Lipinski definition) is 4. The average molecular weight is 477 g/mol. The van der Waals surface area contributed by atoms with Crippen LogP contribution in [0.4, 0.5) is 5.69 Å². The Labute approximate surface area is 168 Å². The summed E-state index contributed by atoms with van der Waals surface area (Å²) in [6.07, 6.45) is 0. The first kappa shape index (κ1) is 18.7. The minimum atomic E-state index is -0.241. The maximum Gasteiger partial charge on any atom is 0.252 e. The fourth-order valence-electron chi connectivity index (χ4n) is 2.35. The van der Waals surface area contributed by atoms with Gasteiger partial charge in [-0.15, -0.1) is 0 Å². The minimum absolute atomic E-state index is 0.146. The predicted molar refractivity (Wildman–Crippen MR) is 114 cm³/mol. The lowest BCUT2D eigenvalue weighted by molar-refractivity contribution is -0.113. The first-order valence-corrected chi connectivity index (χ1v) is 9.93. The summed E-state index contributed by atoms with van der Waals surface area (Å²) >= 11 is 3.43. The zero-order valence-electron chi connectivity index (χ0n) is 14.0. The third kappa shape index (κ3) is 4.95. The van der Waals surface area contributed by atoms with Crippen molar-refractivity contribution in [2.24, 2.45) is 0 Å². The maximum atomic E-state index is 12.2. The average Bonchev–Trinajstić information content (AvgIpc) is 2.63. The molecule has 0 aliphatic rings. The number of anilines is 1. The summed E-state index contributed by atoms with van der Waals surface area (Å²) in [5.74, 6) is 0.0131. The van der Waals surface area contributed by atoms with Gasteiger partial charge in [-0.3, -0.25) is 9.59 Å². The quantitative estimate of drug-likeness (QED) is 0.330. The van der Waals surface area contributed by atoms with Gasteiger partial charge in [0.1, 0.15) is 0 Å². The first-order chi connectivity index (χ1) is 12.5. The van der Waals surface area contributed by atoms with Gasteiger partial charge in [0.15, 0.2) is 5.16 Å². The summed E-state index contributed by atoms with van der Waals surface area (Å²) < 4.78 is 1.12. The highest BCUT2D eigenvalue weighted by molar-refractivity contribution is 14.1. The molecule has 1 aromatic heterocycles. The Morgan fingerprint density at radius 2 is 1.96 bits per heavy atom. The molecule has 0 spiro atoms. The second-order valence-electron chi connectivity index (χ2n) is 5.60. The number of thioether (sulfide) groups is 1. The smallest absolute Gasteiger partial charge is 0.252 e.